The summed E-state index contributed by atoms with van der Waals surface area (Å²) >= 11 is 1.29. The zero-order valence-corrected chi connectivity index (χ0v) is 14.2. The fourth-order valence-electron chi connectivity index (χ4n) is 2.59. The van der Waals surface area contributed by atoms with Gasteiger partial charge in [0, 0.05) is 11.8 Å². The maximum Gasteiger partial charge on any atom is 0.271 e. The first kappa shape index (κ1) is 16.5. The number of fused-ring (bicyclic) bond motifs is 1. The molecule has 0 saturated heterocycles. The Hall–Kier alpha value is -3.00. The van der Waals surface area contributed by atoms with Crippen LogP contribution < -0.4 is 19.8 Å². The van der Waals surface area contributed by atoms with Crippen LogP contribution in [0.2, 0.25) is 0 Å². The molecule has 0 aliphatic carbocycles. The second-order valence-corrected chi connectivity index (χ2v) is 6.61. The number of furan rings is 1. The number of hydrogen-bond donors (Lipinski definition) is 0. The highest BCUT2D eigenvalue weighted by molar-refractivity contribution is 7.07. The molecule has 0 N–H and O–H groups in total. The third-order valence-electron chi connectivity index (χ3n) is 3.90. The van der Waals surface area contributed by atoms with Crippen LogP contribution in [0.25, 0.3) is 12.2 Å². The minimum absolute atomic E-state index is 0.176. The number of nitrogens with zero attached hydrogens (tertiary/aromatic N) is 3. The molecule has 5 nitrogen and oxygen atoms in total. The van der Waals surface area contributed by atoms with Gasteiger partial charge in [-0.05, 0) is 36.4 Å². The largest absolute Gasteiger partial charge is 0.465 e. The van der Waals surface area contributed by atoms with Crippen LogP contribution in [0.5, 0.6) is 0 Å². The highest BCUT2D eigenvalue weighted by atomic mass is 32.1. The SMILES string of the molecule is O=c1c(=CC=Cc2ccco2)sc2n1CN(c1ccc(F)c(F)c1)CN=2. The third-order valence-corrected chi connectivity index (χ3v) is 4.96. The van der Waals surface area contributed by atoms with E-state index in [1.165, 1.54) is 22.0 Å². The van der Waals surface area contributed by atoms with Crippen molar-refractivity contribution >= 4 is 29.2 Å². The van der Waals surface area contributed by atoms with Gasteiger partial charge in [0.05, 0.1) is 10.8 Å². The smallest absolute Gasteiger partial charge is 0.271 e. The molecule has 26 heavy (non-hydrogen) atoms. The van der Waals surface area contributed by atoms with Gasteiger partial charge in [-0.3, -0.25) is 9.36 Å². The summed E-state index contributed by atoms with van der Waals surface area (Å²) in [6.07, 6.45) is 6.78. The maximum atomic E-state index is 13.5. The van der Waals surface area contributed by atoms with Crippen molar-refractivity contribution in [1.29, 1.82) is 0 Å². The first-order chi connectivity index (χ1) is 12.6. The fraction of sp³-hybridized carbons (Fsp3) is 0.111. The van der Waals surface area contributed by atoms with Crippen molar-refractivity contribution in [2.24, 2.45) is 4.99 Å². The summed E-state index contributed by atoms with van der Waals surface area (Å²) in [5.41, 5.74) is 0.296. The van der Waals surface area contributed by atoms with Crippen LogP contribution in [-0.4, -0.2) is 11.2 Å². The monoisotopic (exact) mass is 373 g/mol. The molecule has 2 aromatic heterocycles. The number of rotatable bonds is 3. The van der Waals surface area contributed by atoms with Crippen molar-refractivity contribution in [3.05, 3.63) is 79.8 Å². The highest BCUT2D eigenvalue weighted by Gasteiger charge is 2.17. The van der Waals surface area contributed by atoms with Crippen LogP contribution in [0.3, 0.4) is 0 Å². The standard InChI is InChI=1S/C18H13F2N3O2S/c19-14-7-6-12(9-15(14)20)22-10-21-18-23(11-22)17(24)16(26-18)5-1-3-13-4-2-8-25-13/h1-9H,10-11H2. The summed E-state index contributed by atoms with van der Waals surface area (Å²) in [4.78, 5) is 19.2. The van der Waals surface area contributed by atoms with E-state index in [0.717, 1.165) is 12.1 Å². The number of thiazole rings is 1. The quantitative estimate of drug-likeness (QED) is 0.708. The summed E-state index contributed by atoms with van der Waals surface area (Å²) in [6.45, 7) is 0.502. The van der Waals surface area contributed by atoms with Gasteiger partial charge < -0.3 is 9.32 Å². The lowest BCUT2D eigenvalue weighted by Gasteiger charge is -2.25. The Balaban J connectivity index is 1.63. The van der Waals surface area contributed by atoms with Crippen LogP contribution in [0, 0.1) is 11.6 Å². The van der Waals surface area contributed by atoms with Crippen LogP contribution >= 0.6 is 11.3 Å². The Morgan fingerprint density at radius 3 is 2.88 bits per heavy atom. The lowest BCUT2D eigenvalue weighted by atomic mass is 10.3. The molecule has 4 rings (SSSR count). The Kier molecular flexibility index (Phi) is 4.26. The Labute approximate surface area is 150 Å². The van der Waals surface area contributed by atoms with Gasteiger partial charge in [0.15, 0.2) is 16.4 Å². The number of halogens is 2. The first-order valence-corrected chi connectivity index (χ1v) is 8.59. The van der Waals surface area contributed by atoms with E-state index in [-0.39, 0.29) is 18.9 Å². The zero-order valence-electron chi connectivity index (χ0n) is 13.4. The minimum Gasteiger partial charge on any atom is -0.465 e. The molecule has 132 valence electrons. The average Bonchev–Trinajstić information content (AvgIpc) is 3.26. The number of aromatic nitrogens is 1. The van der Waals surface area contributed by atoms with E-state index < -0.39 is 11.6 Å². The number of benzene rings is 1. The van der Waals surface area contributed by atoms with Crippen molar-refractivity contribution in [1.82, 2.24) is 4.57 Å². The third kappa shape index (κ3) is 3.11. The van der Waals surface area contributed by atoms with E-state index in [4.69, 9.17) is 4.42 Å². The van der Waals surface area contributed by atoms with Gasteiger partial charge in [0.1, 0.15) is 19.1 Å². The maximum absolute atomic E-state index is 13.5. The summed E-state index contributed by atoms with van der Waals surface area (Å²) in [7, 11) is 0. The Morgan fingerprint density at radius 1 is 1.23 bits per heavy atom. The molecule has 8 heteroatoms. The van der Waals surface area contributed by atoms with Crippen molar-refractivity contribution in [3.63, 3.8) is 0 Å². The predicted molar refractivity (Wildman–Crippen MR) is 95.3 cm³/mol. The van der Waals surface area contributed by atoms with Crippen LogP contribution in [-0.2, 0) is 6.67 Å². The second-order valence-electron chi connectivity index (χ2n) is 5.60. The molecule has 0 amide bonds. The number of hydrogen-bond acceptors (Lipinski definition) is 5. The second kappa shape index (κ2) is 6.72. The van der Waals surface area contributed by atoms with Gasteiger partial charge in [-0.15, -0.1) is 0 Å². The van der Waals surface area contributed by atoms with E-state index in [1.54, 1.807) is 35.5 Å². The Bertz CT molecular complexity index is 1150. The van der Waals surface area contributed by atoms with Crippen molar-refractivity contribution in [3.8, 4) is 0 Å². The number of anilines is 1. The van der Waals surface area contributed by atoms with Gasteiger partial charge in [0.25, 0.3) is 5.56 Å². The van der Waals surface area contributed by atoms with Crippen LogP contribution in [0.15, 0.2) is 56.9 Å². The molecule has 0 fully saturated rings. The molecule has 0 atom stereocenters. The minimum atomic E-state index is -0.928. The Morgan fingerprint density at radius 2 is 2.12 bits per heavy atom. The molecule has 0 spiro atoms. The van der Waals surface area contributed by atoms with Gasteiger partial charge in [0.2, 0.25) is 0 Å². The molecule has 3 aromatic rings. The highest BCUT2D eigenvalue weighted by Crippen LogP contribution is 2.19. The van der Waals surface area contributed by atoms with Crippen molar-refractivity contribution in [2.75, 3.05) is 11.6 Å². The summed E-state index contributed by atoms with van der Waals surface area (Å²) < 4.78 is 33.8. The number of allylic oxidation sites excluding steroid dienone is 1. The molecule has 0 radical (unpaired) electrons. The predicted octanol–water partition coefficient (Wildman–Crippen LogP) is 2.33. The van der Waals surface area contributed by atoms with E-state index in [9.17, 15) is 13.6 Å². The molecule has 1 aromatic carbocycles. The molecule has 0 unspecified atom stereocenters. The molecule has 0 saturated carbocycles. The molecule has 1 aliphatic rings. The summed E-state index contributed by atoms with van der Waals surface area (Å²) in [5, 5.41) is 0. The van der Waals surface area contributed by atoms with E-state index >= 15 is 0 Å². The summed E-state index contributed by atoms with van der Waals surface area (Å²) in [5.74, 6) is -1.14. The fourth-order valence-corrected chi connectivity index (χ4v) is 3.50. The van der Waals surface area contributed by atoms with E-state index in [0.29, 0.717) is 20.8 Å². The van der Waals surface area contributed by atoms with E-state index in [1.807, 2.05) is 6.07 Å². The van der Waals surface area contributed by atoms with Crippen LogP contribution in [0.1, 0.15) is 5.76 Å². The van der Waals surface area contributed by atoms with Crippen LogP contribution in [0.4, 0.5) is 14.5 Å². The first-order valence-electron chi connectivity index (χ1n) is 7.78. The van der Waals surface area contributed by atoms with Gasteiger partial charge >= 0.3 is 0 Å². The normalized spacial score (nSPS) is 14.7. The zero-order chi connectivity index (χ0) is 18.1. The van der Waals surface area contributed by atoms with Crippen molar-refractivity contribution < 1.29 is 13.2 Å². The lowest BCUT2D eigenvalue weighted by Crippen LogP contribution is -2.42. The van der Waals surface area contributed by atoms with Crippen molar-refractivity contribution in [2.45, 2.75) is 6.67 Å². The summed E-state index contributed by atoms with van der Waals surface area (Å²) in [6, 6.07) is 7.23. The van der Waals surface area contributed by atoms with Gasteiger partial charge in [-0.2, -0.15) is 0 Å². The molecular weight excluding hydrogens is 360 g/mol. The van der Waals surface area contributed by atoms with Gasteiger partial charge in [-0.25, -0.2) is 13.8 Å². The molecule has 1 aliphatic heterocycles. The van der Waals surface area contributed by atoms with E-state index in [2.05, 4.69) is 4.99 Å². The average molecular weight is 373 g/mol. The van der Waals surface area contributed by atoms with Gasteiger partial charge in [-0.1, -0.05) is 17.4 Å². The topological polar surface area (TPSA) is 50.7 Å². The molecule has 3 heterocycles. The lowest BCUT2D eigenvalue weighted by molar-refractivity contribution is 0.506. The molecule has 0 bridgehead atoms. The molecular formula is C18H13F2N3O2S.